The molecular formula is C24H40N4O6. The fourth-order valence-corrected chi connectivity index (χ4v) is 6.80. The van der Waals surface area contributed by atoms with Gasteiger partial charge in [0.15, 0.2) is 0 Å². The van der Waals surface area contributed by atoms with Crippen molar-refractivity contribution in [2.24, 2.45) is 45.3 Å². The number of ketones is 1. The van der Waals surface area contributed by atoms with Crippen molar-refractivity contribution >= 4 is 29.9 Å². The largest absolute Gasteiger partial charge is 0.473 e. The second-order valence-corrected chi connectivity index (χ2v) is 10.5. The second kappa shape index (κ2) is 11.3. The van der Waals surface area contributed by atoms with E-state index in [2.05, 4.69) is 31.3 Å². The molecule has 10 nitrogen and oxygen atoms in total. The number of nitrogens with zero attached hydrogens (tertiary/aromatic N) is 1. The number of nitrogens with two attached hydrogens (primary N) is 1. The Hall–Kier alpha value is -2.49. The Morgan fingerprint density at radius 2 is 1.85 bits per heavy atom. The number of carbonyl (C=O) groups excluding carboxylic acids is 1. The quantitative estimate of drug-likeness (QED) is 0.150. The number of fused-ring (bicyclic) bond motifs is 3. The molecule has 192 valence electrons. The van der Waals surface area contributed by atoms with Crippen LogP contribution in [0.5, 0.6) is 0 Å². The van der Waals surface area contributed by atoms with E-state index >= 15 is 0 Å². The molecule has 0 aromatic rings. The molecule has 7 N–H and O–H groups in total. The van der Waals surface area contributed by atoms with Gasteiger partial charge in [-0.3, -0.25) is 10.2 Å². The molecule has 0 amide bonds. The van der Waals surface area contributed by atoms with Crippen molar-refractivity contribution in [3.8, 4) is 0 Å². The van der Waals surface area contributed by atoms with Gasteiger partial charge in [0.2, 0.25) is 5.96 Å². The number of carbonyl (C=O) groups is 3. The number of nitrogens with one attached hydrogen (secondary N) is 2. The molecule has 0 aliphatic heterocycles. The molecule has 0 spiro atoms. The molecular weight excluding hydrogens is 440 g/mol. The van der Waals surface area contributed by atoms with Crippen molar-refractivity contribution in [2.45, 2.75) is 84.7 Å². The van der Waals surface area contributed by atoms with Crippen molar-refractivity contribution in [2.75, 3.05) is 0 Å². The van der Waals surface area contributed by atoms with E-state index in [4.69, 9.17) is 30.9 Å². The van der Waals surface area contributed by atoms with E-state index in [1.54, 1.807) is 6.21 Å². The van der Waals surface area contributed by atoms with Gasteiger partial charge in [0, 0.05) is 17.5 Å². The summed E-state index contributed by atoms with van der Waals surface area (Å²) in [5, 5.41) is 36.1. The van der Waals surface area contributed by atoms with Crippen molar-refractivity contribution in [3.05, 3.63) is 0 Å². The summed E-state index contributed by atoms with van der Waals surface area (Å²) in [4.78, 5) is 31.9. The first-order valence-electron chi connectivity index (χ1n) is 12.2. The van der Waals surface area contributed by atoms with Crippen LogP contribution < -0.4 is 11.2 Å². The van der Waals surface area contributed by atoms with Gasteiger partial charge in [-0.15, -0.1) is 0 Å². The number of guanidine groups is 1. The average molecular weight is 481 g/mol. The van der Waals surface area contributed by atoms with E-state index in [-0.39, 0.29) is 34.7 Å². The van der Waals surface area contributed by atoms with E-state index in [0.29, 0.717) is 17.6 Å². The number of hydrogen-bond donors (Lipinski definition) is 6. The first-order chi connectivity index (χ1) is 15.9. The van der Waals surface area contributed by atoms with Crippen LogP contribution in [0.1, 0.15) is 78.6 Å². The minimum absolute atomic E-state index is 0.147. The van der Waals surface area contributed by atoms with E-state index in [9.17, 15) is 9.90 Å². The Morgan fingerprint density at radius 3 is 2.41 bits per heavy atom. The van der Waals surface area contributed by atoms with Gasteiger partial charge in [0.05, 0.1) is 6.10 Å². The Labute approximate surface area is 200 Å². The molecule has 7 atom stereocenters. The van der Waals surface area contributed by atoms with Crippen LogP contribution in [-0.4, -0.2) is 51.3 Å². The minimum atomic E-state index is -1.82. The highest BCUT2D eigenvalue weighted by Crippen LogP contribution is 2.61. The maximum Gasteiger partial charge on any atom is 0.414 e. The van der Waals surface area contributed by atoms with Gasteiger partial charge in [-0.1, -0.05) is 27.2 Å². The lowest BCUT2D eigenvalue weighted by Crippen LogP contribution is -2.56. The molecule has 3 aliphatic carbocycles. The molecule has 3 saturated carbocycles. The zero-order valence-electron chi connectivity index (χ0n) is 20.4. The summed E-state index contributed by atoms with van der Waals surface area (Å²) in [6.07, 6.45) is 10.3. The van der Waals surface area contributed by atoms with E-state index in [1.165, 1.54) is 0 Å². The number of aliphatic hydroxyl groups is 1. The van der Waals surface area contributed by atoms with Gasteiger partial charge in [0.1, 0.15) is 5.78 Å². The maximum absolute atomic E-state index is 13.7. The Balaban J connectivity index is 0.000000604. The Bertz CT molecular complexity index is 805. The number of hydrazone groups is 1. The molecule has 3 fully saturated rings. The highest BCUT2D eigenvalue weighted by Gasteiger charge is 2.57. The van der Waals surface area contributed by atoms with Crippen molar-refractivity contribution in [3.63, 3.8) is 0 Å². The van der Waals surface area contributed by atoms with E-state index in [0.717, 1.165) is 57.8 Å². The summed E-state index contributed by atoms with van der Waals surface area (Å²) in [6, 6.07) is 0. The normalized spacial score (nSPS) is 35.8. The topological polar surface area (TPSA) is 186 Å². The molecule has 34 heavy (non-hydrogen) atoms. The molecule has 1 unspecified atom stereocenters. The molecule has 0 heterocycles. The van der Waals surface area contributed by atoms with E-state index in [1.807, 2.05) is 0 Å². The van der Waals surface area contributed by atoms with Crippen LogP contribution in [-0.2, 0) is 14.4 Å². The maximum atomic E-state index is 13.7. The number of hydrogen-bond acceptors (Lipinski definition) is 6. The number of aliphatic carboxylic acids is 2. The second-order valence-electron chi connectivity index (χ2n) is 10.5. The zero-order valence-corrected chi connectivity index (χ0v) is 20.4. The molecule has 0 saturated heterocycles. The first kappa shape index (κ1) is 27.8. The van der Waals surface area contributed by atoms with Crippen LogP contribution >= 0.6 is 0 Å². The summed E-state index contributed by atoms with van der Waals surface area (Å²) in [7, 11) is 0. The van der Waals surface area contributed by atoms with Gasteiger partial charge >= 0.3 is 11.9 Å². The zero-order chi connectivity index (χ0) is 25.7. The van der Waals surface area contributed by atoms with E-state index < -0.39 is 11.9 Å². The number of aliphatic hydroxyl groups excluding tert-OH is 1. The van der Waals surface area contributed by atoms with Gasteiger partial charge in [-0.25, -0.2) is 15.0 Å². The standard InChI is InChI=1S/C22H38N4O2.C2H2O4/c1-4-14(9-12-25-26-20(23)24)22(3)11-8-18-17(19(22)28)6-5-15-13-16(27)7-10-21(15,18)2;3-1(4)2(5)6/h12,14-18,27H,4-11,13H2,1-3H3,(H4,23,24,26);(H,3,4)(H,5,6)/b25-12+;/t14-,15?,16+,17-,18+,21+,22-;/m1./s1. The Kier molecular flexibility index (Phi) is 9.22. The fourth-order valence-electron chi connectivity index (χ4n) is 6.80. The van der Waals surface area contributed by atoms with Crippen LogP contribution in [0.2, 0.25) is 0 Å². The number of carboxylic acids is 2. The first-order valence-corrected chi connectivity index (χ1v) is 12.2. The van der Waals surface area contributed by atoms with Crippen LogP contribution in [0.15, 0.2) is 5.10 Å². The molecule has 0 aromatic heterocycles. The van der Waals surface area contributed by atoms with Crippen LogP contribution in [0.4, 0.5) is 0 Å². The predicted octanol–water partition coefficient (Wildman–Crippen LogP) is 2.59. The third kappa shape index (κ3) is 5.95. The highest BCUT2D eigenvalue weighted by atomic mass is 16.4. The average Bonchev–Trinajstić information content (AvgIpc) is 2.77. The van der Waals surface area contributed by atoms with Crippen molar-refractivity contribution in [1.29, 1.82) is 5.41 Å². The third-order valence-electron chi connectivity index (χ3n) is 8.78. The van der Waals surface area contributed by atoms with Crippen LogP contribution in [0, 0.1) is 39.9 Å². The van der Waals surface area contributed by atoms with Gasteiger partial charge in [0.25, 0.3) is 0 Å². The molecule has 10 heteroatoms. The monoisotopic (exact) mass is 480 g/mol. The number of rotatable bonds is 5. The molecule has 3 aliphatic rings. The molecule has 0 bridgehead atoms. The Morgan fingerprint density at radius 1 is 1.21 bits per heavy atom. The van der Waals surface area contributed by atoms with Crippen molar-refractivity contribution < 1.29 is 29.7 Å². The summed E-state index contributed by atoms with van der Waals surface area (Å²) >= 11 is 0. The third-order valence-corrected chi connectivity index (χ3v) is 8.78. The highest BCUT2D eigenvalue weighted by molar-refractivity contribution is 6.27. The summed E-state index contributed by atoms with van der Waals surface area (Å²) in [6.45, 7) is 6.72. The van der Waals surface area contributed by atoms with Crippen LogP contribution in [0.25, 0.3) is 0 Å². The summed E-state index contributed by atoms with van der Waals surface area (Å²) in [5.41, 5.74) is 7.65. The molecule has 0 radical (unpaired) electrons. The molecule has 0 aromatic carbocycles. The lowest BCUT2D eigenvalue weighted by molar-refractivity contribution is -0.159. The SMILES string of the molecule is CC[C@H](C/C=N/NC(=N)N)[C@@]1(C)CC[C@H]2[C@@H](CCC3C[C@@H](O)CC[C@@]32C)C1=O.O=C(O)C(=O)O. The number of Topliss-reactive ketones (excluding diaryl/α,β-unsaturated/α-hetero) is 1. The van der Waals surface area contributed by atoms with Gasteiger partial charge < -0.3 is 21.1 Å². The fraction of sp³-hybridized carbons (Fsp3) is 0.792. The molecule has 3 rings (SSSR count). The lowest BCUT2D eigenvalue weighted by Gasteiger charge is -2.58. The smallest absolute Gasteiger partial charge is 0.414 e. The van der Waals surface area contributed by atoms with Crippen molar-refractivity contribution in [1.82, 2.24) is 5.43 Å². The predicted molar refractivity (Wildman–Crippen MR) is 127 cm³/mol. The van der Waals surface area contributed by atoms with Crippen LogP contribution in [0.3, 0.4) is 0 Å². The summed E-state index contributed by atoms with van der Waals surface area (Å²) in [5.74, 6) is -1.87. The van der Waals surface area contributed by atoms with Gasteiger partial charge in [-0.2, -0.15) is 5.10 Å². The minimum Gasteiger partial charge on any atom is -0.473 e. The summed E-state index contributed by atoms with van der Waals surface area (Å²) < 4.78 is 0. The lowest BCUT2D eigenvalue weighted by atomic mass is 9.46. The van der Waals surface area contributed by atoms with Gasteiger partial charge in [-0.05, 0) is 74.5 Å². The number of carboxylic acid groups (broad SMARTS) is 2.